The molecule has 2 rings (SSSR count). The van der Waals surface area contributed by atoms with Gasteiger partial charge in [-0.2, -0.15) is 0 Å². The minimum Gasteiger partial charge on any atom is -0.312 e. The molecule has 1 N–H and O–H groups in total. The molecule has 0 aliphatic rings. The maximum absolute atomic E-state index is 10.9. The number of thiazole rings is 1. The Kier molecular flexibility index (Phi) is 1.72. The van der Waals surface area contributed by atoms with Gasteiger partial charge in [0.1, 0.15) is 0 Å². The largest absolute Gasteiger partial charge is 0.312 e. The van der Waals surface area contributed by atoms with Gasteiger partial charge in [-0.25, -0.2) is 0 Å². The van der Waals surface area contributed by atoms with Gasteiger partial charge < -0.3 is 4.98 Å². The summed E-state index contributed by atoms with van der Waals surface area (Å²) in [7, 11) is 0. The number of hydrogen-bond donors (Lipinski definition) is 1. The fourth-order valence-corrected chi connectivity index (χ4v) is 2.40. The molecule has 11 heavy (non-hydrogen) atoms. The SMILES string of the molecule is O=c1[nH]c2ccc(I)cc2s1. The maximum Gasteiger partial charge on any atom is 0.305 e. The van der Waals surface area contributed by atoms with Crippen LogP contribution < -0.4 is 4.87 Å². The van der Waals surface area contributed by atoms with E-state index < -0.39 is 0 Å². The first-order valence-electron chi connectivity index (χ1n) is 3.04. The van der Waals surface area contributed by atoms with E-state index in [9.17, 15) is 4.79 Å². The lowest BCUT2D eigenvalue weighted by Crippen LogP contribution is -1.89. The molecule has 0 aliphatic carbocycles. The molecular formula is C7H4INOS. The molecule has 0 bridgehead atoms. The van der Waals surface area contributed by atoms with Crippen LogP contribution in [0.3, 0.4) is 0 Å². The lowest BCUT2D eigenvalue weighted by atomic mass is 10.3. The molecule has 0 atom stereocenters. The van der Waals surface area contributed by atoms with Crippen LogP contribution in [0.4, 0.5) is 0 Å². The van der Waals surface area contributed by atoms with Gasteiger partial charge in [0.15, 0.2) is 0 Å². The number of H-pyrrole nitrogens is 1. The second kappa shape index (κ2) is 2.60. The van der Waals surface area contributed by atoms with Crippen LogP contribution in [-0.2, 0) is 0 Å². The van der Waals surface area contributed by atoms with Crippen molar-refractivity contribution < 1.29 is 0 Å². The molecule has 0 saturated carbocycles. The summed E-state index contributed by atoms with van der Waals surface area (Å²) in [5, 5.41) is 0. The number of nitrogens with one attached hydrogen (secondary N) is 1. The van der Waals surface area contributed by atoms with Gasteiger partial charge in [-0.3, -0.25) is 4.79 Å². The van der Waals surface area contributed by atoms with Crippen molar-refractivity contribution in [3.63, 3.8) is 0 Å². The Bertz CT molecular complexity index is 445. The van der Waals surface area contributed by atoms with Crippen LogP contribution >= 0.6 is 33.9 Å². The van der Waals surface area contributed by atoms with Gasteiger partial charge in [0.05, 0.1) is 10.2 Å². The Balaban J connectivity index is 2.92. The van der Waals surface area contributed by atoms with Crippen LogP contribution in [0.15, 0.2) is 23.0 Å². The van der Waals surface area contributed by atoms with Crippen LogP contribution in [0, 0.1) is 3.57 Å². The highest BCUT2D eigenvalue weighted by molar-refractivity contribution is 14.1. The molecule has 1 aromatic heterocycles. The first-order chi connectivity index (χ1) is 5.25. The van der Waals surface area contributed by atoms with Gasteiger partial charge in [-0.05, 0) is 40.8 Å². The van der Waals surface area contributed by atoms with E-state index in [1.165, 1.54) is 11.3 Å². The molecule has 1 heterocycles. The molecule has 0 fully saturated rings. The lowest BCUT2D eigenvalue weighted by molar-refractivity contribution is 1.41. The number of halogens is 1. The first-order valence-corrected chi connectivity index (χ1v) is 4.93. The zero-order chi connectivity index (χ0) is 7.84. The predicted molar refractivity (Wildman–Crippen MR) is 55.2 cm³/mol. The normalized spacial score (nSPS) is 10.6. The molecule has 0 unspecified atom stereocenters. The van der Waals surface area contributed by atoms with Crippen molar-refractivity contribution in [1.29, 1.82) is 0 Å². The summed E-state index contributed by atoms with van der Waals surface area (Å²) in [6, 6.07) is 5.90. The third kappa shape index (κ3) is 1.32. The van der Waals surface area contributed by atoms with E-state index in [1.807, 2.05) is 18.2 Å². The lowest BCUT2D eigenvalue weighted by Gasteiger charge is -1.87. The fraction of sp³-hybridized carbons (Fsp3) is 0. The van der Waals surface area contributed by atoms with Gasteiger partial charge in [-0.1, -0.05) is 11.3 Å². The van der Waals surface area contributed by atoms with Crippen molar-refractivity contribution in [3.05, 3.63) is 31.4 Å². The zero-order valence-electron chi connectivity index (χ0n) is 5.43. The average Bonchev–Trinajstić information content (AvgIpc) is 2.27. The average molecular weight is 277 g/mol. The summed E-state index contributed by atoms with van der Waals surface area (Å²) < 4.78 is 2.19. The molecule has 0 aliphatic heterocycles. The molecule has 4 heteroatoms. The molecule has 0 saturated heterocycles. The maximum atomic E-state index is 10.9. The van der Waals surface area contributed by atoms with Crippen molar-refractivity contribution in [2.24, 2.45) is 0 Å². The fourth-order valence-electron chi connectivity index (χ4n) is 0.919. The summed E-state index contributed by atoms with van der Waals surface area (Å²) in [6.07, 6.45) is 0. The number of aromatic amines is 1. The Morgan fingerprint density at radius 2 is 2.27 bits per heavy atom. The van der Waals surface area contributed by atoms with Crippen LogP contribution in [0.1, 0.15) is 0 Å². The Morgan fingerprint density at radius 1 is 1.45 bits per heavy atom. The summed E-state index contributed by atoms with van der Waals surface area (Å²) in [4.78, 5) is 13.6. The third-order valence-corrected chi connectivity index (χ3v) is 2.90. The van der Waals surface area contributed by atoms with Crippen molar-refractivity contribution in [3.8, 4) is 0 Å². The van der Waals surface area contributed by atoms with E-state index in [4.69, 9.17) is 0 Å². The molecule has 1 aromatic carbocycles. The Hall–Kier alpha value is -0.360. The molecule has 0 spiro atoms. The number of hydrogen-bond acceptors (Lipinski definition) is 2. The molecule has 2 nitrogen and oxygen atoms in total. The van der Waals surface area contributed by atoms with Gasteiger partial charge in [0.2, 0.25) is 0 Å². The summed E-state index contributed by atoms with van der Waals surface area (Å²) in [5.41, 5.74) is 0.931. The van der Waals surface area contributed by atoms with Crippen LogP contribution in [0.5, 0.6) is 0 Å². The van der Waals surface area contributed by atoms with Crippen molar-refractivity contribution in [1.82, 2.24) is 4.98 Å². The van der Waals surface area contributed by atoms with Gasteiger partial charge in [-0.15, -0.1) is 0 Å². The molecule has 0 radical (unpaired) electrons. The monoisotopic (exact) mass is 277 g/mol. The highest BCUT2D eigenvalue weighted by atomic mass is 127. The van der Waals surface area contributed by atoms with E-state index in [0.29, 0.717) is 0 Å². The zero-order valence-corrected chi connectivity index (χ0v) is 8.40. The standard InChI is InChI=1S/C7H4INOS/c8-4-1-2-5-6(3-4)11-7(10)9-5/h1-3H,(H,9,10). The van der Waals surface area contributed by atoms with Crippen LogP contribution in [0.25, 0.3) is 10.2 Å². The second-order valence-corrected chi connectivity index (χ2v) is 4.42. The van der Waals surface area contributed by atoms with Crippen molar-refractivity contribution in [2.45, 2.75) is 0 Å². The van der Waals surface area contributed by atoms with E-state index in [2.05, 4.69) is 27.6 Å². The molecule has 56 valence electrons. The minimum absolute atomic E-state index is 0.0157. The van der Waals surface area contributed by atoms with Gasteiger partial charge in [0, 0.05) is 3.57 Å². The Morgan fingerprint density at radius 3 is 3.09 bits per heavy atom. The molecular weight excluding hydrogens is 273 g/mol. The summed E-state index contributed by atoms with van der Waals surface area (Å²) >= 11 is 3.48. The topological polar surface area (TPSA) is 32.9 Å². The van der Waals surface area contributed by atoms with Gasteiger partial charge in [0.25, 0.3) is 0 Å². The number of aromatic nitrogens is 1. The Labute approximate surface area is 80.4 Å². The van der Waals surface area contributed by atoms with Crippen molar-refractivity contribution in [2.75, 3.05) is 0 Å². The minimum atomic E-state index is 0.0157. The quantitative estimate of drug-likeness (QED) is 0.736. The van der Waals surface area contributed by atoms with E-state index in [1.54, 1.807) is 0 Å². The van der Waals surface area contributed by atoms with Gasteiger partial charge >= 0.3 is 4.87 Å². The predicted octanol–water partition coefficient (Wildman–Crippen LogP) is 2.19. The smallest absolute Gasteiger partial charge is 0.305 e. The number of rotatable bonds is 0. The van der Waals surface area contributed by atoms with Crippen LogP contribution in [-0.4, -0.2) is 4.98 Å². The van der Waals surface area contributed by atoms with Crippen molar-refractivity contribution >= 4 is 44.1 Å². The number of fused-ring (bicyclic) bond motifs is 1. The number of benzene rings is 1. The second-order valence-electron chi connectivity index (χ2n) is 2.16. The molecule has 0 amide bonds. The van der Waals surface area contributed by atoms with Crippen LogP contribution in [0.2, 0.25) is 0 Å². The summed E-state index contributed by atoms with van der Waals surface area (Å²) in [6.45, 7) is 0. The molecule has 2 aromatic rings. The highest BCUT2D eigenvalue weighted by Crippen LogP contribution is 2.16. The third-order valence-electron chi connectivity index (χ3n) is 1.38. The first kappa shape index (κ1) is 7.30. The summed E-state index contributed by atoms with van der Waals surface area (Å²) in [5.74, 6) is 0. The van der Waals surface area contributed by atoms with E-state index in [0.717, 1.165) is 13.8 Å². The van der Waals surface area contributed by atoms with E-state index in [-0.39, 0.29) is 4.87 Å². The van der Waals surface area contributed by atoms with E-state index >= 15 is 0 Å². The highest BCUT2D eigenvalue weighted by Gasteiger charge is 1.97.